The van der Waals surface area contributed by atoms with Crippen LogP contribution in [0.2, 0.25) is 0 Å². The van der Waals surface area contributed by atoms with Crippen LogP contribution in [0.5, 0.6) is 0 Å². The summed E-state index contributed by atoms with van der Waals surface area (Å²) in [6.45, 7) is 7.75. The Bertz CT molecular complexity index is 407. The molecule has 0 amide bonds. The van der Waals surface area contributed by atoms with Crippen LogP contribution in [0.1, 0.15) is 25.0 Å². The van der Waals surface area contributed by atoms with Gasteiger partial charge in [0.2, 0.25) is 0 Å². The molecule has 1 aromatic carbocycles. The van der Waals surface area contributed by atoms with Gasteiger partial charge in [-0.1, -0.05) is 6.07 Å². The highest BCUT2D eigenvalue weighted by molar-refractivity contribution is 5.61. The summed E-state index contributed by atoms with van der Waals surface area (Å²) in [6.07, 6.45) is 0. The zero-order valence-corrected chi connectivity index (χ0v) is 11.0. The first-order chi connectivity index (χ1) is 8.10. The first-order valence-corrected chi connectivity index (χ1v) is 5.86. The summed E-state index contributed by atoms with van der Waals surface area (Å²) in [5, 5.41) is 9.16. The second-order valence-corrected chi connectivity index (χ2v) is 4.41. The first-order valence-electron chi connectivity index (χ1n) is 5.86. The van der Waals surface area contributed by atoms with Crippen molar-refractivity contribution in [2.24, 2.45) is 0 Å². The standard InChI is InChI=1S/C14H20N2O/c1-11(2)16(7-8-17-4)14-9-12(3)5-6-13(14)10-15/h5-6,9,11H,7-8H2,1-4H3. The van der Waals surface area contributed by atoms with Gasteiger partial charge in [-0.3, -0.25) is 0 Å². The molecule has 0 atom stereocenters. The second-order valence-electron chi connectivity index (χ2n) is 4.41. The number of ether oxygens (including phenoxy) is 1. The van der Waals surface area contributed by atoms with E-state index in [-0.39, 0.29) is 0 Å². The molecule has 0 saturated carbocycles. The van der Waals surface area contributed by atoms with Crippen LogP contribution in [-0.2, 0) is 4.74 Å². The lowest BCUT2D eigenvalue weighted by atomic mass is 10.1. The molecule has 0 fully saturated rings. The average molecular weight is 232 g/mol. The summed E-state index contributed by atoms with van der Waals surface area (Å²) in [6, 6.07) is 8.51. The van der Waals surface area contributed by atoms with Crippen LogP contribution in [0.15, 0.2) is 18.2 Å². The van der Waals surface area contributed by atoms with Crippen molar-refractivity contribution in [2.75, 3.05) is 25.2 Å². The number of rotatable bonds is 5. The van der Waals surface area contributed by atoms with Crippen molar-refractivity contribution in [1.82, 2.24) is 0 Å². The van der Waals surface area contributed by atoms with Gasteiger partial charge in [0.1, 0.15) is 6.07 Å². The third-order valence-electron chi connectivity index (χ3n) is 2.74. The van der Waals surface area contributed by atoms with E-state index in [9.17, 15) is 0 Å². The molecule has 0 unspecified atom stereocenters. The average Bonchev–Trinajstić information content (AvgIpc) is 2.29. The molecule has 0 bridgehead atoms. The highest BCUT2D eigenvalue weighted by Gasteiger charge is 2.14. The van der Waals surface area contributed by atoms with Gasteiger partial charge in [0.25, 0.3) is 0 Å². The molecule has 92 valence electrons. The van der Waals surface area contributed by atoms with Crippen LogP contribution >= 0.6 is 0 Å². The number of nitrogens with zero attached hydrogens (tertiary/aromatic N) is 2. The molecule has 0 radical (unpaired) electrons. The van der Waals surface area contributed by atoms with Crippen LogP contribution in [0.4, 0.5) is 5.69 Å². The Hall–Kier alpha value is -1.53. The molecular weight excluding hydrogens is 212 g/mol. The lowest BCUT2D eigenvalue weighted by molar-refractivity contribution is 0.204. The van der Waals surface area contributed by atoms with Crippen LogP contribution < -0.4 is 4.90 Å². The maximum absolute atomic E-state index is 9.16. The zero-order valence-electron chi connectivity index (χ0n) is 11.0. The summed E-state index contributed by atoms with van der Waals surface area (Å²) in [5.41, 5.74) is 2.89. The second kappa shape index (κ2) is 6.27. The summed E-state index contributed by atoms with van der Waals surface area (Å²) in [7, 11) is 1.69. The predicted octanol–water partition coefficient (Wildman–Crippen LogP) is 2.73. The number of hydrogen-bond acceptors (Lipinski definition) is 3. The van der Waals surface area contributed by atoms with Gasteiger partial charge in [-0.25, -0.2) is 0 Å². The first kappa shape index (κ1) is 13.5. The van der Waals surface area contributed by atoms with Crippen molar-refractivity contribution in [3.8, 4) is 6.07 Å². The maximum atomic E-state index is 9.16. The highest BCUT2D eigenvalue weighted by Crippen LogP contribution is 2.23. The van der Waals surface area contributed by atoms with Crippen LogP contribution in [0.25, 0.3) is 0 Å². The summed E-state index contributed by atoms with van der Waals surface area (Å²) in [5.74, 6) is 0. The van der Waals surface area contributed by atoms with Crippen LogP contribution in [0.3, 0.4) is 0 Å². The largest absolute Gasteiger partial charge is 0.383 e. The molecule has 0 aromatic heterocycles. The highest BCUT2D eigenvalue weighted by atomic mass is 16.5. The Kier molecular flexibility index (Phi) is 4.99. The molecule has 0 saturated heterocycles. The normalized spacial score (nSPS) is 10.4. The van der Waals surface area contributed by atoms with E-state index in [1.165, 1.54) is 5.56 Å². The quantitative estimate of drug-likeness (QED) is 0.783. The molecular formula is C14H20N2O. The van der Waals surface area contributed by atoms with Gasteiger partial charge in [0, 0.05) is 19.7 Å². The summed E-state index contributed by atoms with van der Waals surface area (Å²) < 4.78 is 5.12. The molecule has 3 heteroatoms. The van der Waals surface area contributed by atoms with E-state index in [0.29, 0.717) is 12.6 Å². The number of hydrogen-bond donors (Lipinski definition) is 0. The Morgan fingerprint density at radius 3 is 2.65 bits per heavy atom. The Balaban J connectivity index is 3.08. The Morgan fingerprint density at radius 2 is 2.12 bits per heavy atom. The van der Waals surface area contributed by atoms with Gasteiger partial charge in [0.05, 0.1) is 17.9 Å². The van der Waals surface area contributed by atoms with Gasteiger partial charge in [0.15, 0.2) is 0 Å². The van der Waals surface area contributed by atoms with E-state index in [1.807, 2.05) is 19.1 Å². The molecule has 3 nitrogen and oxygen atoms in total. The predicted molar refractivity (Wildman–Crippen MR) is 70.3 cm³/mol. The van der Waals surface area contributed by atoms with Crippen molar-refractivity contribution < 1.29 is 4.74 Å². The van der Waals surface area contributed by atoms with E-state index in [2.05, 4.69) is 30.9 Å². The Morgan fingerprint density at radius 1 is 1.41 bits per heavy atom. The van der Waals surface area contributed by atoms with Crippen molar-refractivity contribution >= 4 is 5.69 Å². The van der Waals surface area contributed by atoms with Gasteiger partial charge in [-0.2, -0.15) is 5.26 Å². The zero-order chi connectivity index (χ0) is 12.8. The number of benzene rings is 1. The summed E-state index contributed by atoms with van der Waals surface area (Å²) >= 11 is 0. The smallest absolute Gasteiger partial charge is 0.101 e. The fourth-order valence-corrected chi connectivity index (χ4v) is 1.82. The van der Waals surface area contributed by atoms with Crippen LogP contribution in [-0.4, -0.2) is 26.3 Å². The fraction of sp³-hybridized carbons (Fsp3) is 0.500. The van der Waals surface area contributed by atoms with Gasteiger partial charge in [-0.05, 0) is 38.5 Å². The molecule has 0 aliphatic rings. The number of anilines is 1. The van der Waals surface area contributed by atoms with Crippen LogP contribution in [0, 0.1) is 18.3 Å². The molecule has 0 aliphatic heterocycles. The van der Waals surface area contributed by atoms with Crippen molar-refractivity contribution in [3.63, 3.8) is 0 Å². The number of nitriles is 1. The third kappa shape index (κ3) is 3.47. The maximum Gasteiger partial charge on any atom is 0.101 e. The lowest BCUT2D eigenvalue weighted by Crippen LogP contribution is -2.34. The van der Waals surface area contributed by atoms with Crippen molar-refractivity contribution in [1.29, 1.82) is 5.26 Å². The van der Waals surface area contributed by atoms with Gasteiger partial charge >= 0.3 is 0 Å². The molecule has 1 aromatic rings. The third-order valence-corrected chi connectivity index (χ3v) is 2.74. The molecule has 0 aliphatic carbocycles. The lowest BCUT2D eigenvalue weighted by Gasteiger charge is -2.29. The van der Waals surface area contributed by atoms with E-state index < -0.39 is 0 Å². The molecule has 0 spiro atoms. The minimum absolute atomic E-state index is 0.346. The van der Waals surface area contributed by atoms with Crippen molar-refractivity contribution in [2.45, 2.75) is 26.8 Å². The minimum Gasteiger partial charge on any atom is -0.383 e. The molecule has 0 heterocycles. The van der Waals surface area contributed by atoms with Gasteiger partial charge in [-0.15, -0.1) is 0 Å². The summed E-state index contributed by atoms with van der Waals surface area (Å²) in [4.78, 5) is 2.20. The van der Waals surface area contributed by atoms with E-state index >= 15 is 0 Å². The minimum atomic E-state index is 0.346. The van der Waals surface area contributed by atoms with E-state index in [0.717, 1.165) is 17.8 Å². The number of aryl methyl sites for hydroxylation is 1. The van der Waals surface area contributed by atoms with Gasteiger partial charge < -0.3 is 9.64 Å². The molecule has 17 heavy (non-hydrogen) atoms. The Labute approximate surface area is 104 Å². The van der Waals surface area contributed by atoms with E-state index in [4.69, 9.17) is 10.00 Å². The topological polar surface area (TPSA) is 36.3 Å². The van der Waals surface area contributed by atoms with E-state index in [1.54, 1.807) is 7.11 Å². The number of methoxy groups -OCH3 is 1. The molecule has 0 N–H and O–H groups in total. The fourth-order valence-electron chi connectivity index (χ4n) is 1.82. The monoisotopic (exact) mass is 232 g/mol. The molecule has 1 rings (SSSR count). The SMILES string of the molecule is COCCN(c1cc(C)ccc1C#N)C(C)C. The van der Waals surface area contributed by atoms with Crippen molar-refractivity contribution in [3.05, 3.63) is 29.3 Å².